The number of rotatable bonds is 5. The van der Waals surface area contributed by atoms with E-state index in [0.717, 1.165) is 11.1 Å². The summed E-state index contributed by atoms with van der Waals surface area (Å²) in [6.45, 7) is 1.95. The summed E-state index contributed by atoms with van der Waals surface area (Å²) < 4.78 is 4.85. The third-order valence-corrected chi connectivity index (χ3v) is 6.18. The lowest BCUT2D eigenvalue weighted by molar-refractivity contribution is -0.150. The van der Waals surface area contributed by atoms with Gasteiger partial charge in [0.05, 0.1) is 23.8 Å². The van der Waals surface area contributed by atoms with E-state index in [1.54, 1.807) is 6.07 Å². The first-order chi connectivity index (χ1) is 14.0. The van der Waals surface area contributed by atoms with Crippen molar-refractivity contribution in [2.45, 2.75) is 18.6 Å². The van der Waals surface area contributed by atoms with Gasteiger partial charge in [0.2, 0.25) is 5.91 Å². The number of ether oxygens (including phenoxy) is 1. The molecule has 1 N–H and O–H groups in total. The van der Waals surface area contributed by atoms with E-state index in [9.17, 15) is 14.9 Å². The summed E-state index contributed by atoms with van der Waals surface area (Å²) in [6.07, 6.45) is 0. The van der Waals surface area contributed by atoms with Gasteiger partial charge in [0.25, 0.3) is 0 Å². The molecule has 0 aliphatic carbocycles. The van der Waals surface area contributed by atoms with Crippen molar-refractivity contribution in [3.05, 3.63) is 80.8 Å². The number of amides is 1. The fraction of sp³-hybridized carbons (Fsp3) is 0.227. The van der Waals surface area contributed by atoms with Crippen molar-refractivity contribution in [1.29, 1.82) is 5.26 Å². The number of nitrogens with zero attached hydrogens (tertiary/aromatic N) is 1. The van der Waals surface area contributed by atoms with Crippen LogP contribution >= 0.6 is 23.4 Å². The van der Waals surface area contributed by atoms with Crippen molar-refractivity contribution in [1.82, 2.24) is 5.32 Å². The lowest BCUT2D eigenvalue weighted by Gasteiger charge is -2.31. The zero-order valence-corrected chi connectivity index (χ0v) is 17.5. The molecule has 0 unspecified atom stereocenters. The van der Waals surface area contributed by atoms with Gasteiger partial charge in [-0.3, -0.25) is 9.59 Å². The van der Waals surface area contributed by atoms with Crippen LogP contribution in [0.3, 0.4) is 0 Å². The maximum Gasteiger partial charge on any atom is 0.319 e. The van der Waals surface area contributed by atoms with Crippen molar-refractivity contribution in [3.8, 4) is 6.07 Å². The number of esters is 1. The molecule has 1 aliphatic rings. The Labute approximate surface area is 178 Å². The van der Waals surface area contributed by atoms with E-state index < -0.39 is 23.7 Å². The van der Waals surface area contributed by atoms with Gasteiger partial charge in [0, 0.05) is 16.7 Å². The maximum absolute atomic E-state index is 12.8. The summed E-state index contributed by atoms with van der Waals surface area (Å²) in [4.78, 5) is 25.2. The maximum atomic E-state index is 12.8. The highest BCUT2D eigenvalue weighted by Crippen LogP contribution is 2.41. The number of nitrogens with one attached hydrogen (secondary N) is 1. The monoisotopic (exact) mass is 426 g/mol. The molecule has 29 heavy (non-hydrogen) atoms. The normalized spacial score (nSPS) is 18.8. The molecule has 1 aliphatic heterocycles. The van der Waals surface area contributed by atoms with Gasteiger partial charge >= 0.3 is 5.97 Å². The molecular formula is C22H19ClN2O3S. The van der Waals surface area contributed by atoms with Gasteiger partial charge in [-0.25, -0.2) is 0 Å². The number of methoxy groups -OCH3 is 1. The number of carbonyl (C=O) groups excluding carboxylic acids is 2. The average molecular weight is 427 g/mol. The number of halogens is 1. The lowest BCUT2D eigenvalue weighted by atomic mass is 9.78. The van der Waals surface area contributed by atoms with Crippen LogP contribution in [0.25, 0.3) is 0 Å². The second kappa shape index (κ2) is 9.17. The van der Waals surface area contributed by atoms with Gasteiger partial charge in [-0.15, -0.1) is 11.8 Å². The van der Waals surface area contributed by atoms with Crippen LogP contribution in [-0.2, 0) is 20.1 Å². The molecule has 0 bridgehead atoms. The van der Waals surface area contributed by atoms with E-state index in [0.29, 0.717) is 26.9 Å². The zero-order chi connectivity index (χ0) is 21.0. The Bertz CT molecular complexity index is 1010. The van der Waals surface area contributed by atoms with Crippen LogP contribution in [0.2, 0.25) is 5.02 Å². The standard InChI is InChI=1S/C22H19ClN2O3S/c1-13-7-9-14(10-8-13)18-16(11-24)21(25-20(26)19(18)22(27)28-2)29-12-15-5-3-4-6-17(15)23/h3-10,18-19H,12H2,1-2H3,(H,25,26)/t18-,19+/m1/s1. The van der Waals surface area contributed by atoms with Gasteiger partial charge in [-0.1, -0.05) is 59.6 Å². The Morgan fingerprint density at radius 3 is 2.55 bits per heavy atom. The Morgan fingerprint density at radius 2 is 1.93 bits per heavy atom. The Hall–Kier alpha value is -2.75. The highest BCUT2D eigenvalue weighted by molar-refractivity contribution is 8.02. The fourth-order valence-corrected chi connectivity index (χ4v) is 4.55. The summed E-state index contributed by atoms with van der Waals surface area (Å²) in [5.74, 6) is -2.51. The molecule has 2 aromatic carbocycles. The summed E-state index contributed by atoms with van der Waals surface area (Å²) in [5.41, 5.74) is 2.98. The molecule has 7 heteroatoms. The third kappa shape index (κ3) is 4.47. The Balaban J connectivity index is 2.03. The largest absolute Gasteiger partial charge is 0.468 e. The quantitative estimate of drug-likeness (QED) is 0.569. The molecule has 2 aromatic rings. The summed E-state index contributed by atoms with van der Waals surface area (Å²) in [6, 6.07) is 17.1. The second-order valence-electron chi connectivity index (χ2n) is 6.61. The SMILES string of the molecule is COC(=O)[C@@H]1C(=O)NC(SCc2ccccc2Cl)=C(C#N)[C@H]1c1ccc(C)cc1. The molecule has 148 valence electrons. The number of aryl methyl sites for hydroxylation is 1. The first kappa shape index (κ1) is 21.0. The summed E-state index contributed by atoms with van der Waals surface area (Å²) in [7, 11) is 1.24. The highest BCUT2D eigenvalue weighted by Gasteiger charge is 2.44. The fourth-order valence-electron chi connectivity index (χ4n) is 3.22. The minimum atomic E-state index is -1.12. The van der Waals surface area contributed by atoms with E-state index in [1.165, 1.54) is 18.9 Å². The van der Waals surface area contributed by atoms with Crippen LogP contribution in [0.1, 0.15) is 22.6 Å². The van der Waals surface area contributed by atoms with E-state index in [2.05, 4.69) is 11.4 Å². The molecular weight excluding hydrogens is 408 g/mol. The molecule has 0 spiro atoms. The molecule has 2 atom stereocenters. The van der Waals surface area contributed by atoms with Gasteiger partial charge < -0.3 is 10.1 Å². The van der Waals surface area contributed by atoms with Crippen molar-refractivity contribution in [2.75, 3.05) is 7.11 Å². The first-order valence-electron chi connectivity index (χ1n) is 8.92. The van der Waals surface area contributed by atoms with Gasteiger partial charge in [-0.2, -0.15) is 5.26 Å². The Kier molecular flexibility index (Phi) is 6.63. The van der Waals surface area contributed by atoms with Crippen LogP contribution in [0.4, 0.5) is 0 Å². The van der Waals surface area contributed by atoms with Crippen molar-refractivity contribution < 1.29 is 14.3 Å². The van der Waals surface area contributed by atoms with E-state index in [-0.39, 0.29) is 0 Å². The van der Waals surface area contributed by atoms with Crippen LogP contribution in [0.15, 0.2) is 59.1 Å². The van der Waals surface area contributed by atoms with Crippen LogP contribution in [-0.4, -0.2) is 19.0 Å². The second-order valence-corrected chi connectivity index (χ2v) is 8.01. The molecule has 0 radical (unpaired) electrons. The van der Waals surface area contributed by atoms with Gasteiger partial charge in [0.1, 0.15) is 5.92 Å². The van der Waals surface area contributed by atoms with Gasteiger partial charge in [-0.05, 0) is 24.1 Å². The molecule has 0 saturated carbocycles. The van der Waals surface area contributed by atoms with Crippen molar-refractivity contribution >= 4 is 35.2 Å². The van der Waals surface area contributed by atoms with E-state index >= 15 is 0 Å². The first-order valence-corrected chi connectivity index (χ1v) is 10.3. The third-order valence-electron chi connectivity index (χ3n) is 4.75. The van der Waals surface area contributed by atoms with Crippen LogP contribution in [0, 0.1) is 24.2 Å². The number of benzene rings is 2. The minimum Gasteiger partial charge on any atom is -0.468 e. The summed E-state index contributed by atoms with van der Waals surface area (Å²) in [5, 5.41) is 13.7. The average Bonchev–Trinajstić information content (AvgIpc) is 2.72. The predicted octanol–water partition coefficient (Wildman–Crippen LogP) is 4.32. The van der Waals surface area contributed by atoms with Crippen LogP contribution < -0.4 is 5.32 Å². The molecule has 0 fully saturated rings. The highest BCUT2D eigenvalue weighted by atomic mass is 35.5. The number of nitriles is 1. The molecule has 0 saturated heterocycles. The predicted molar refractivity (Wildman–Crippen MR) is 113 cm³/mol. The van der Waals surface area contributed by atoms with Crippen LogP contribution in [0.5, 0.6) is 0 Å². The summed E-state index contributed by atoms with van der Waals surface area (Å²) >= 11 is 7.53. The van der Waals surface area contributed by atoms with Crippen molar-refractivity contribution in [3.63, 3.8) is 0 Å². The number of thioether (sulfide) groups is 1. The van der Waals surface area contributed by atoms with Gasteiger partial charge in [0.15, 0.2) is 0 Å². The van der Waals surface area contributed by atoms with E-state index in [1.807, 2.05) is 49.4 Å². The number of allylic oxidation sites excluding steroid dienone is 1. The number of carbonyl (C=O) groups is 2. The molecule has 1 heterocycles. The molecule has 0 aromatic heterocycles. The molecule has 1 amide bonds. The zero-order valence-electron chi connectivity index (χ0n) is 15.9. The minimum absolute atomic E-state index is 0.334. The van der Waals surface area contributed by atoms with Crippen molar-refractivity contribution in [2.24, 2.45) is 5.92 Å². The number of hydrogen-bond donors (Lipinski definition) is 1. The Morgan fingerprint density at radius 1 is 1.24 bits per heavy atom. The van der Waals surface area contributed by atoms with E-state index in [4.69, 9.17) is 16.3 Å². The molecule has 5 nitrogen and oxygen atoms in total. The smallest absolute Gasteiger partial charge is 0.319 e. The lowest BCUT2D eigenvalue weighted by Crippen LogP contribution is -2.44. The topological polar surface area (TPSA) is 79.2 Å². The molecule has 3 rings (SSSR count). The number of hydrogen-bond acceptors (Lipinski definition) is 5.